The lowest BCUT2D eigenvalue weighted by Crippen LogP contribution is -2.45. The maximum absolute atomic E-state index is 12.8. The number of hydrogen-bond acceptors (Lipinski definition) is 4. The van der Waals surface area contributed by atoms with E-state index in [2.05, 4.69) is 0 Å². The van der Waals surface area contributed by atoms with Gasteiger partial charge in [0.15, 0.2) is 11.9 Å². The standard InChI is InChI=1S/C17H20O4/c18-16(15-9-12-3-1-2-4-14(12)21-15)13-5-7-20-17(10-13)6-8-19-11-17/h1-4,13,15H,5-11H2. The van der Waals surface area contributed by atoms with Gasteiger partial charge >= 0.3 is 0 Å². The van der Waals surface area contributed by atoms with Crippen LogP contribution in [0.25, 0.3) is 0 Å². The summed E-state index contributed by atoms with van der Waals surface area (Å²) in [5.74, 6) is 1.14. The van der Waals surface area contributed by atoms with Crippen molar-refractivity contribution in [3.05, 3.63) is 29.8 Å². The average Bonchev–Trinajstić information content (AvgIpc) is 3.13. The van der Waals surface area contributed by atoms with Crippen molar-refractivity contribution in [2.75, 3.05) is 19.8 Å². The van der Waals surface area contributed by atoms with Crippen molar-refractivity contribution in [1.29, 1.82) is 0 Å². The second kappa shape index (κ2) is 5.11. The number of Topliss-reactive ketones (excluding diaryl/α,β-unsaturated/α-hetero) is 1. The van der Waals surface area contributed by atoms with Crippen LogP contribution in [0.4, 0.5) is 0 Å². The molecular weight excluding hydrogens is 268 g/mol. The third-order valence-corrected chi connectivity index (χ3v) is 4.93. The number of carbonyl (C=O) groups excluding carboxylic acids is 1. The monoisotopic (exact) mass is 288 g/mol. The molecule has 4 nitrogen and oxygen atoms in total. The molecule has 0 amide bonds. The second-order valence-electron chi connectivity index (χ2n) is 6.34. The molecule has 112 valence electrons. The molecule has 3 aliphatic heterocycles. The quantitative estimate of drug-likeness (QED) is 0.836. The van der Waals surface area contributed by atoms with Crippen LogP contribution in [0, 0.1) is 5.92 Å². The number of para-hydroxylation sites is 1. The first-order chi connectivity index (χ1) is 10.3. The van der Waals surface area contributed by atoms with Gasteiger partial charge in [-0.05, 0) is 24.5 Å². The molecule has 0 N–H and O–H groups in total. The van der Waals surface area contributed by atoms with Crippen LogP contribution in [-0.2, 0) is 20.7 Å². The maximum atomic E-state index is 12.8. The van der Waals surface area contributed by atoms with Gasteiger partial charge in [0.1, 0.15) is 5.75 Å². The Bertz CT molecular complexity index is 522. The van der Waals surface area contributed by atoms with E-state index in [9.17, 15) is 4.79 Å². The minimum Gasteiger partial charge on any atom is -0.482 e. The van der Waals surface area contributed by atoms with E-state index < -0.39 is 0 Å². The number of fused-ring (bicyclic) bond motifs is 1. The van der Waals surface area contributed by atoms with Crippen LogP contribution < -0.4 is 4.74 Å². The molecule has 0 aromatic heterocycles. The van der Waals surface area contributed by atoms with E-state index >= 15 is 0 Å². The zero-order chi connectivity index (χ0) is 14.3. The lowest BCUT2D eigenvalue weighted by molar-refractivity contribution is -0.142. The van der Waals surface area contributed by atoms with E-state index in [1.54, 1.807) is 0 Å². The Morgan fingerprint density at radius 1 is 1.24 bits per heavy atom. The fraction of sp³-hybridized carbons (Fsp3) is 0.588. The Kier molecular flexibility index (Phi) is 3.23. The summed E-state index contributed by atoms with van der Waals surface area (Å²) in [5, 5.41) is 0. The van der Waals surface area contributed by atoms with E-state index in [1.165, 1.54) is 0 Å². The molecule has 2 fully saturated rings. The van der Waals surface area contributed by atoms with Gasteiger partial charge < -0.3 is 14.2 Å². The number of ether oxygens (including phenoxy) is 3. The summed E-state index contributed by atoms with van der Waals surface area (Å²) in [4.78, 5) is 12.8. The van der Waals surface area contributed by atoms with Crippen LogP contribution in [0.5, 0.6) is 5.75 Å². The van der Waals surface area contributed by atoms with Gasteiger partial charge in [-0.1, -0.05) is 18.2 Å². The zero-order valence-corrected chi connectivity index (χ0v) is 12.0. The highest BCUT2D eigenvalue weighted by Crippen LogP contribution is 2.38. The molecule has 4 heteroatoms. The molecule has 0 aliphatic carbocycles. The third kappa shape index (κ3) is 2.36. The highest BCUT2D eigenvalue weighted by Gasteiger charge is 2.45. The van der Waals surface area contributed by atoms with Crippen molar-refractivity contribution in [1.82, 2.24) is 0 Å². The minimum atomic E-state index is -0.315. The highest BCUT2D eigenvalue weighted by atomic mass is 16.6. The van der Waals surface area contributed by atoms with E-state index in [1.807, 2.05) is 24.3 Å². The number of ketones is 1. The lowest BCUT2D eigenvalue weighted by atomic mass is 9.81. The van der Waals surface area contributed by atoms with Crippen LogP contribution in [0.15, 0.2) is 24.3 Å². The summed E-state index contributed by atoms with van der Waals surface area (Å²) >= 11 is 0. The topological polar surface area (TPSA) is 44.8 Å². The Morgan fingerprint density at radius 2 is 2.14 bits per heavy atom. The zero-order valence-electron chi connectivity index (χ0n) is 12.0. The summed E-state index contributed by atoms with van der Waals surface area (Å²) < 4.78 is 17.2. The first kappa shape index (κ1) is 13.3. The summed E-state index contributed by atoms with van der Waals surface area (Å²) in [6, 6.07) is 7.93. The molecule has 3 heterocycles. The number of benzene rings is 1. The molecule has 1 aromatic carbocycles. The first-order valence-corrected chi connectivity index (χ1v) is 7.76. The average molecular weight is 288 g/mol. The number of carbonyl (C=O) groups is 1. The van der Waals surface area contributed by atoms with Crippen LogP contribution >= 0.6 is 0 Å². The largest absolute Gasteiger partial charge is 0.482 e. The van der Waals surface area contributed by atoms with Crippen LogP contribution in [0.3, 0.4) is 0 Å². The smallest absolute Gasteiger partial charge is 0.176 e. The normalized spacial score (nSPS) is 34.7. The van der Waals surface area contributed by atoms with Gasteiger partial charge in [0.05, 0.1) is 12.2 Å². The Labute approximate surface area is 124 Å². The first-order valence-electron chi connectivity index (χ1n) is 7.76. The van der Waals surface area contributed by atoms with E-state index in [-0.39, 0.29) is 23.4 Å². The van der Waals surface area contributed by atoms with E-state index in [0.29, 0.717) is 19.6 Å². The van der Waals surface area contributed by atoms with Crippen molar-refractivity contribution >= 4 is 5.78 Å². The van der Waals surface area contributed by atoms with Crippen molar-refractivity contribution in [2.24, 2.45) is 5.92 Å². The van der Waals surface area contributed by atoms with Gasteiger partial charge in [-0.15, -0.1) is 0 Å². The summed E-state index contributed by atoms with van der Waals surface area (Å²) in [7, 11) is 0. The molecular formula is C17H20O4. The molecule has 1 aromatic rings. The van der Waals surface area contributed by atoms with Crippen molar-refractivity contribution in [3.8, 4) is 5.75 Å². The van der Waals surface area contributed by atoms with Crippen LogP contribution in [0.1, 0.15) is 24.8 Å². The van der Waals surface area contributed by atoms with Gasteiger partial charge in [-0.3, -0.25) is 4.79 Å². The molecule has 3 atom stereocenters. The van der Waals surface area contributed by atoms with Crippen LogP contribution in [-0.4, -0.2) is 37.3 Å². The maximum Gasteiger partial charge on any atom is 0.176 e. The number of hydrogen-bond donors (Lipinski definition) is 0. The summed E-state index contributed by atoms with van der Waals surface area (Å²) in [6.45, 7) is 2.02. The second-order valence-corrected chi connectivity index (χ2v) is 6.34. The van der Waals surface area contributed by atoms with Crippen LogP contribution in [0.2, 0.25) is 0 Å². The molecule has 1 spiro atoms. The number of rotatable bonds is 2. The molecule has 4 rings (SSSR count). The fourth-order valence-corrected chi connectivity index (χ4v) is 3.74. The highest BCUT2D eigenvalue weighted by molar-refractivity contribution is 5.87. The van der Waals surface area contributed by atoms with Crippen molar-refractivity contribution < 1.29 is 19.0 Å². The molecule has 2 saturated heterocycles. The predicted molar refractivity (Wildman–Crippen MR) is 76.4 cm³/mol. The van der Waals surface area contributed by atoms with Gasteiger partial charge in [-0.25, -0.2) is 0 Å². The summed E-state index contributed by atoms with van der Waals surface area (Å²) in [6.07, 6.45) is 2.88. The lowest BCUT2D eigenvalue weighted by Gasteiger charge is -2.37. The van der Waals surface area contributed by atoms with Gasteiger partial charge in [-0.2, -0.15) is 0 Å². The van der Waals surface area contributed by atoms with Crippen molar-refractivity contribution in [2.45, 2.75) is 37.4 Å². The molecule has 0 radical (unpaired) electrons. The Hall–Kier alpha value is -1.39. The van der Waals surface area contributed by atoms with Gasteiger partial charge in [0.25, 0.3) is 0 Å². The summed E-state index contributed by atoms with van der Waals surface area (Å²) in [5.41, 5.74) is 0.922. The Balaban J connectivity index is 1.46. The van der Waals surface area contributed by atoms with E-state index in [4.69, 9.17) is 14.2 Å². The van der Waals surface area contributed by atoms with Gasteiger partial charge in [0.2, 0.25) is 0 Å². The molecule has 0 bridgehead atoms. The van der Waals surface area contributed by atoms with Crippen molar-refractivity contribution in [3.63, 3.8) is 0 Å². The SMILES string of the molecule is O=C(C1CCOC2(CCOC2)C1)C1Cc2ccccc2O1. The third-order valence-electron chi connectivity index (χ3n) is 4.93. The van der Waals surface area contributed by atoms with Gasteiger partial charge in [0, 0.05) is 32.0 Å². The molecule has 3 unspecified atom stereocenters. The minimum absolute atomic E-state index is 0.0414. The molecule has 21 heavy (non-hydrogen) atoms. The predicted octanol–water partition coefficient (Wildman–Crippen LogP) is 2.14. The fourth-order valence-electron chi connectivity index (χ4n) is 3.74. The molecule has 0 saturated carbocycles. The Morgan fingerprint density at radius 3 is 2.95 bits per heavy atom. The van der Waals surface area contributed by atoms with E-state index in [0.717, 1.165) is 37.2 Å². The molecule has 3 aliphatic rings.